The lowest BCUT2D eigenvalue weighted by molar-refractivity contribution is 0.356. The van der Waals surface area contributed by atoms with Gasteiger partial charge in [0.25, 0.3) is 0 Å². The van der Waals surface area contributed by atoms with Crippen LogP contribution in [-0.2, 0) is 6.42 Å². The molecule has 0 spiro atoms. The number of fused-ring (bicyclic) bond motifs is 1. The number of nitrogens with zero attached hydrogens (tertiary/aromatic N) is 3. The lowest BCUT2D eigenvalue weighted by atomic mass is 9.90. The van der Waals surface area contributed by atoms with Crippen molar-refractivity contribution in [3.8, 4) is 11.5 Å². The van der Waals surface area contributed by atoms with Gasteiger partial charge < -0.3 is 20.1 Å². The van der Waals surface area contributed by atoms with Crippen LogP contribution in [0.2, 0.25) is 0 Å². The lowest BCUT2D eigenvalue weighted by Crippen LogP contribution is -2.35. The second-order valence-electron chi connectivity index (χ2n) is 7.25. The predicted octanol–water partition coefficient (Wildman–Crippen LogP) is 4.11. The van der Waals surface area contributed by atoms with Gasteiger partial charge in [-0.25, -0.2) is 4.98 Å². The number of piperidine rings is 1. The molecule has 1 fully saturated rings. The van der Waals surface area contributed by atoms with Crippen molar-refractivity contribution in [1.29, 1.82) is 0 Å². The molecule has 2 N–H and O–H groups in total. The highest BCUT2D eigenvalue weighted by atomic mass is 35.5. The van der Waals surface area contributed by atoms with Crippen LogP contribution >= 0.6 is 12.4 Å². The molecule has 0 bridgehead atoms. The molecule has 1 aromatic heterocycles. The number of aromatic nitrogens is 2. The number of halogens is 1. The Morgan fingerprint density at radius 2 is 1.66 bits per heavy atom. The molecule has 0 aliphatic carbocycles. The van der Waals surface area contributed by atoms with Crippen molar-refractivity contribution in [2.24, 2.45) is 5.92 Å². The fourth-order valence-corrected chi connectivity index (χ4v) is 3.89. The number of methoxy groups -OCH3 is 2. The van der Waals surface area contributed by atoms with Gasteiger partial charge in [-0.05, 0) is 36.8 Å². The summed E-state index contributed by atoms with van der Waals surface area (Å²) in [5, 5.41) is 0.778. The van der Waals surface area contributed by atoms with E-state index in [0.717, 1.165) is 43.3 Å². The van der Waals surface area contributed by atoms with Crippen LogP contribution in [0.5, 0.6) is 11.5 Å². The van der Waals surface area contributed by atoms with Gasteiger partial charge in [0.05, 0.1) is 19.7 Å². The van der Waals surface area contributed by atoms with Crippen LogP contribution in [0.3, 0.4) is 0 Å². The maximum absolute atomic E-state index is 6.23. The average Bonchev–Trinajstić information content (AvgIpc) is 2.74. The SMILES string of the molecule is COc1cc2nc(N3CCC(Cc4ccccc4)CC3)nc(N)c2cc1OC.Cl. The summed E-state index contributed by atoms with van der Waals surface area (Å²) in [6.45, 7) is 1.88. The zero-order valence-electron chi connectivity index (χ0n) is 16.8. The van der Waals surface area contributed by atoms with Gasteiger partial charge >= 0.3 is 0 Å². The molecule has 2 heterocycles. The number of nitrogen functional groups attached to an aromatic ring is 1. The second-order valence-corrected chi connectivity index (χ2v) is 7.25. The van der Waals surface area contributed by atoms with E-state index in [1.165, 1.54) is 5.56 Å². The highest BCUT2D eigenvalue weighted by molar-refractivity contribution is 5.91. The van der Waals surface area contributed by atoms with Crippen LogP contribution in [0.15, 0.2) is 42.5 Å². The van der Waals surface area contributed by atoms with E-state index in [4.69, 9.17) is 20.2 Å². The Bertz CT molecular complexity index is 960. The van der Waals surface area contributed by atoms with Gasteiger partial charge in [-0.1, -0.05) is 30.3 Å². The highest BCUT2D eigenvalue weighted by Crippen LogP contribution is 2.34. The third-order valence-corrected chi connectivity index (χ3v) is 5.48. The van der Waals surface area contributed by atoms with Crippen molar-refractivity contribution in [1.82, 2.24) is 9.97 Å². The molecule has 4 rings (SSSR count). The van der Waals surface area contributed by atoms with Crippen LogP contribution in [0.1, 0.15) is 18.4 Å². The van der Waals surface area contributed by atoms with Crippen LogP contribution in [0.25, 0.3) is 10.9 Å². The third kappa shape index (κ3) is 4.48. The minimum absolute atomic E-state index is 0. The molecule has 0 amide bonds. The van der Waals surface area contributed by atoms with Crippen molar-refractivity contribution >= 4 is 35.1 Å². The summed E-state index contributed by atoms with van der Waals surface area (Å²) >= 11 is 0. The molecule has 7 heteroatoms. The number of benzene rings is 2. The Hall–Kier alpha value is -2.73. The smallest absolute Gasteiger partial charge is 0.227 e. The van der Waals surface area contributed by atoms with Crippen molar-refractivity contribution < 1.29 is 9.47 Å². The number of hydrogen-bond acceptors (Lipinski definition) is 6. The third-order valence-electron chi connectivity index (χ3n) is 5.48. The molecule has 1 saturated heterocycles. The van der Waals surface area contributed by atoms with Crippen molar-refractivity contribution in [3.05, 3.63) is 48.0 Å². The first-order chi connectivity index (χ1) is 13.7. The predicted molar refractivity (Wildman–Crippen MR) is 119 cm³/mol. The van der Waals surface area contributed by atoms with Gasteiger partial charge in [-0.2, -0.15) is 4.98 Å². The van der Waals surface area contributed by atoms with Crippen LogP contribution in [-0.4, -0.2) is 37.3 Å². The van der Waals surface area contributed by atoms with Gasteiger partial charge in [0.2, 0.25) is 5.95 Å². The zero-order chi connectivity index (χ0) is 19.5. The second kappa shape index (κ2) is 9.18. The maximum atomic E-state index is 6.23. The summed E-state index contributed by atoms with van der Waals surface area (Å²) in [6.07, 6.45) is 3.39. The van der Waals surface area contributed by atoms with Crippen molar-refractivity contribution in [2.75, 3.05) is 37.9 Å². The molecule has 2 aromatic carbocycles. The zero-order valence-corrected chi connectivity index (χ0v) is 17.6. The topological polar surface area (TPSA) is 73.5 Å². The molecule has 1 aliphatic heterocycles. The summed E-state index contributed by atoms with van der Waals surface area (Å²) in [5.74, 6) is 3.11. The van der Waals surface area contributed by atoms with Crippen LogP contribution in [0.4, 0.5) is 11.8 Å². The molecule has 3 aromatic rings. The van der Waals surface area contributed by atoms with E-state index in [1.807, 2.05) is 12.1 Å². The Balaban J connectivity index is 0.00000240. The fourth-order valence-electron chi connectivity index (χ4n) is 3.89. The summed E-state index contributed by atoms with van der Waals surface area (Å²) < 4.78 is 10.8. The molecule has 154 valence electrons. The highest BCUT2D eigenvalue weighted by Gasteiger charge is 2.22. The molecule has 0 radical (unpaired) electrons. The number of nitrogens with two attached hydrogens (primary N) is 1. The molecule has 0 atom stereocenters. The molecule has 1 aliphatic rings. The lowest BCUT2D eigenvalue weighted by Gasteiger charge is -2.32. The summed E-state index contributed by atoms with van der Waals surface area (Å²) in [5.41, 5.74) is 8.41. The van der Waals surface area contributed by atoms with E-state index >= 15 is 0 Å². The largest absolute Gasteiger partial charge is 0.493 e. The Morgan fingerprint density at radius 3 is 2.31 bits per heavy atom. The van der Waals surface area contributed by atoms with Gasteiger partial charge in [0.1, 0.15) is 5.82 Å². The first-order valence-electron chi connectivity index (χ1n) is 9.66. The normalized spacial score (nSPS) is 14.5. The van der Waals surface area contributed by atoms with E-state index in [0.29, 0.717) is 29.2 Å². The number of ether oxygens (including phenoxy) is 2. The van der Waals surface area contributed by atoms with Crippen LogP contribution in [0, 0.1) is 5.92 Å². The standard InChI is InChI=1S/C22H26N4O2.ClH/c1-27-19-13-17-18(14-20(19)28-2)24-22(25-21(17)23)26-10-8-16(9-11-26)12-15-6-4-3-5-7-15;/h3-7,13-14,16H,8-12H2,1-2H3,(H2,23,24,25);1H. The van der Waals surface area contributed by atoms with Gasteiger partial charge in [-0.3, -0.25) is 0 Å². The van der Waals surface area contributed by atoms with E-state index in [1.54, 1.807) is 14.2 Å². The monoisotopic (exact) mass is 414 g/mol. The first-order valence-corrected chi connectivity index (χ1v) is 9.66. The molecular weight excluding hydrogens is 388 g/mol. The Labute approximate surface area is 177 Å². The molecule has 0 saturated carbocycles. The molecular formula is C22H27ClN4O2. The quantitative estimate of drug-likeness (QED) is 0.677. The minimum Gasteiger partial charge on any atom is -0.493 e. The number of anilines is 2. The van der Waals surface area contributed by atoms with Crippen molar-refractivity contribution in [3.63, 3.8) is 0 Å². The van der Waals surface area contributed by atoms with Crippen molar-refractivity contribution in [2.45, 2.75) is 19.3 Å². The maximum Gasteiger partial charge on any atom is 0.227 e. The fraction of sp³-hybridized carbons (Fsp3) is 0.364. The van der Waals surface area contributed by atoms with Gasteiger partial charge in [0.15, 0.2) is 11.5 Å². The number of hydrogen-bond donors (Lipinski definition) is 1. The Kier molecular flexibility index (Phi) is 6.64. The summed E-state index contributed by atoms with van der Waals surface area (Å²) in [6, 6.07) is 14.4. The molecule has 0 unspecified atom stereocenters. The average molecular weight is 415 g/mol. The summed E-state index contributed by atoms with van der Waals surface area (Å²) in [4.78, 5) is 11.5. The van der Waals surface area contributed by atoms with Crippen LogP contribution < -0.4 is 20.1 Å². The first kappa shape index (κ1) is 21.0. The van der Waals surface area contributed by atoms with Gasteiger partial charge in [-0.15, -0.1) is 12.4 Å². The number of rotatable bonds is 5. The minimum atomic E-state index is 0. The van der Waals surface area contributed by atoms with E-state index < -0.39 is 0 Å². The molecule has 29 heavy (non-hydrogen) atoms. The Morgan fingerprint density at radius 1 is 1.00 bits per heavy atom. The van der Waals surface area contributed by atoms with Gasteiger partial charge in [0, 0.05) is 24.5 Å². The summed E-state index contributed by atoms with van der Waals surface area (Å²) in [7, 11) is 3.22. The molecule has 6 nitrogen and oxygen atoms in total. The van der Waals surface area contributed by atoms with E-state index in [2.05, 4.69) is 40.2 Å². The van der Waals surface area contributed by atoms with E-state index in [9.17, 15) is 0 Å². The van der Waals surface area contributed by atoms with E-state index in [-0.39, 0.29) is 12.4 Å².